The average molecular weight is 544 g/mol. The number of nitrogens with one attached hydrogen (secondary N) is 1. The number of carbonyl (C=O) groups excluding carboxylic acids is 1. The molecule has 35 heavy (non-hydrogen) atoms. The molecule has 2 fully saturated rings. The zero-order chi connectivity index (χ0) is 24.7. The second-order valence-corrected chi connectivity index (χ2v) is 10.4. The number of ether oxygens (including phenoxy) is 3. The molecule has 0 spiro atoms. The van der Waals surface area contributed by atoms with Crippen LogP contribution in [-0.2, 0) is 11.3 Å². The number of imidazole rings is 1. The first-order chi connectivity index (χ1) is 16.8. The van der Waals surface area contributed by atoms with E-state index in [2.05, 4.69) is 30.6 Å². The number of fused-ring (bicyclic) bond motifs is 2. The van der Waals surface area contributed by atoms with Gasteiger partial charge < -0.3 is 24.4 Å². The number of carbonyl (C=O) groups is 1. The first kappa shape index (κ1) is 23.7. The largest absolute Gasteiger partial charge is 0.497 e. The van der Waals surface area contributed by atoms with Crippen molar-refractivity contribution in [1.82, 2.24) is 19.3 Å². The van der Waals surface area contributed by atoms with Gasteiger partial charge in [-0.3, -0.25) is 4.40 Å². The normalized spacial score (nSPS) is 21.4. The van der Waals surface area contributed by atoms with Gasteiger partial charge in [-0.05, 0) is 54.8 Å². The molecule has 1 amide bonds. The van der Waals surface area contributed by atoms with E-state index < -0.39 is 5.60 Å². The number of hydrogen-bond acceptors (Lipinski definition) is 7. The Morgan fingerprint density at radius 2 is 2.09 bits per heavy atom. The number of rotatable bonds is 6. The summed E-state index contributed by atoms with van der Waals surface area (Å²) in [6.07, 6.45) is 6.21. The molecular formula is C25H30BrN5O4. The molecule has 5 rings (SSSR count). The zero-order valence-corrected chi connectivity index (χ0v) is 22.0. The van der Waals surface area contributed by atoms with Gasteiger partial charge >= 0.3 is 6.09 Å². The van der Waals surface area contributed by atoms with Gasteiger partial charge in [0.2, 0.25) is 0 Å². The molecule has 2 atom stereocenters. The van der Waals surface area contributed by atoms with E-state index in [0.29, 0.717) is 23.5 Å². The van der Waals surface area contributed by atoms with E-state index >= 15 is 0 Å². The fraction of sp³-hybridized carbons (Fsp3) is 0.480. The number of benzene rings is 1. The topological polar surface area (TPSA) is 90.2 Å². The van der Waals surface area contributed by atoms with Crippen LogP contribution in [0.1, 0.15) is 50.4 Å². The molecule has 0 bridgehead atoms. The molecule has 2 aliphatic rings. The molecule has 10 heteroatoms. The smallest absolute Gasteiger partial charge is 0.410 e. The fourth-order valence-corrected chi connectivity index (χ4v) is 5.75. The van der Waals surface area contributed by atoms with Crippen molar-refractivity contribution in [2.75, 3.05) is 26.1 Å². The van der Waals surface area contributed by atoms with Crippen LogP contribution in [0.4, 0.5) is 10.6 Å². The van der Waals surface area contributed by atoms with E-state index in [9.17, 15) is 4.79 Å². The maximum Gasteiger partial charge on any atom is 0.410 e. The van der Waals surface area contributed by atoms with Crippen molar-refractivity contribution in [2.45, 2.75) is 57.2 Å². The predicted molar refractivity (Wildman–Crippen MR) is 135 cm³/mol. The molecule has 3 aromatic rings. The quantitative estimate of drug-likeness (QED) is 0.468. The Labute approximate surface area is 212 Å². The summed E-state index contributed by atoms with van der Waals surface area (Å²) < 4.78 is 19.3. The number of piperidine rings is 1. The summed E-state index contributed by atoms with van der Waals surface area (Å²) in [6, 6.07) is 5.96. The van der Waals surface area contributed by atoms with E-state index in [1.807, 2.05) is 43.1 Å². The number of halogens is 1. The maximum atomic E-state index is 12.7. The lowest BCUT2D eigenvalue weighted by Crippen LogP contribution is -2.55. The minimum Gasteiger partial charge on any atom is -0.497 e. The Morgan fingerprint density at radius 3 is 2.86 bits per heavy atom. The molecule has 2 aromatic heterocycles. The van der Waals surface area contributed by atoms with Gasteiger partial charge in [0.1, 0.15) is 33.0 Å². The highest BCUT2D eigenvalue weighted by Gasteiger charge is 2.43. The third-order valence-corrected chi connectivity index (χ3v) is 7.43. The van der Waals surface area contributed by atoms with Crippen molar-refractivity contribution in [2.24, 2.45) is 0 Å². The Balaban J connectivity index is 1.39. The van der Waals surface area contributed by atoms with Gasteiger partial charge in [0.15, 0.2) is 5.82 Å². The number of amides is 1. The Bertz CT molecular complexity index is 1260. The lowest BCUT2D eigenvalue weighted by molar-refractivity contribution is -0.0603. The van der Waals surface area contributed by atoms with Crippen molar-refractivity contribution < 1.29 is 19.0 Å². The first-order valence-corrected chi connectivity index (χ1v) is 12.6. The van der Waals surface area contributed by atoms with E-state index in [1.165, 1.54) is 0 Å². The number of cyclic esters (lactones) is 1. The van der Waals surface area contributed by atoms with E-state index in [1.54, 1.807) is 20.4 Å². The van der Waals surface area contributed by atoms with Crippen LogP contribution in [0.2, 0.25) is 0 Å². The Kier molecular flexibility index (Phi) is 6.25. The molecular weight excluding hydrogens is 514 g/mol. The number of aromatic nitrogens is 3. The molecule has 1 aromatic carbocycles. The zero-order valence-electron chi connectivity index (χ0n) is 20.4. The lowest BCUT2D eigenvalue weighted by atomic mass is 9.85. The van der Waals surface area contributed by atoms with Gasteiger partial charge in [-0.15, -0.1) is 0 Å². The standard InChI is InChI=1S/C25H30BrN5O4/c1-25(2)12-17-7-5-16(14-31(17)24(32)35-25)23-29-21(26)20-22(27-9-10-30(20)23)28-13-15-6-8-18(33-3)11-19(15)34-4/h6,8-11,16-17H,5,7,12-14H2,1-4H3,(H,27,28). The predicted octanol–water partition coefficient (Wildman–Crippen LogP) is 4.99. The molecule has 9 nitrogen and oxygen atoms in total. The lowest BCUT2D eigenvalue weighted by Gasteiger charge is -2.46. The van der Waals surface area contributed by atoms with Gasteiger partial charge in [-0.1, -0.05) is 0 Å². The molecule has 1 N–H and O–H groups in total. The van der Waals surface area contributed by atoms with Crippen LogP contribution < -0.4 is 14.8 Å². The van der Waals surface area contributed by atoms with E-state index in [0.717, 1.165) is 47.7 Å². The molecule has 0 aliphatic carbocycles. The van der Waals surface area contributed by atoms with Crippen LogP contribution in [0, 0.1) is 0 Å². The van der Waals surface area contributed by atoms with Crippen LogP contribution in [0.25, 0.3) is 5.52 Å². The summed E-state index contributed by atoms with van der Waals surface area (Å²) in [7, 11) is 3.28. The first-order valence-electron chi connectivity index (χ1n) is 11.8. The van der Waals surface area contributed by atoms with Crippen molar-refractivity contribution in [3.63, 3.8) is 0 Å². The molecule has 2 unspecified atom stereocenters. The van der Waals surface area contributed by atoms with Gasteiger partial charge in [0.25, 0.3) is 0 Å². The SMILES string of the molecule is COc1ccc(CNc2nccn3c(C4CCC5CC(C)(C)OC(=O)N5C4)nc(Br)c23)c(OC)c1. The Morgan fingerprint density at radius 1 is 1.26 bits per heavy atom. The van der Waals surface area contributed by atoms with E-state index in [-0.39, 0.29) is 18.1 Å². The van der Waals surface area contributed by atoms with Crippen molar-refractivity contribution >= 4 is 33.4 Å². The highest BCUT2D eigenvalue weighted by Crippen LogP contribution is 2.39. The number of nitrogens with zero attached hydrogens (tertiary/aromatic N) is 4. The molecule has 0 radical (unpaired) electrons. The van der Waals surface area contributed by atoms with E-state index in [4.69, 9.17) is 19.2 Å². The highest BCUT2D eigenvalue weighted by molar-refractivity contribution is 9.10. The summed E-state index contributed by atoms with van der Waals surface area (Å²) in [5, 5.41) is 3.43. The number of hydrogen-bond donors (Lipinski definition) is 1. The molecule has 4 heterocycles. The number of methoxy groups -OCH3 is 2. The summed E-state index contributed by atoms with van der Waals surface area (Å²) in [6.45, 7) is 5.08. The second-order valence-electron chi connectivity index (χ2n) is 9.70. The van der Waals surface area contributed by atoms with Gasteiger partial charge in [-0.2, -0.15) is 0 Å². The van der Waals surface area contributed by atoms with Crippen LogP contribution in [-0.4, -0.2) is 57.8 Å². The van der Waals surface area contributed by atoms with Crippen LogP contribution in [0.15, 0.2) is 35.2 Å². The minimum absolute atomic E-state index is 0.107. The van der Waals surface area contributed by atoms with Crippen molar-refractivity contribution in [1.29, 1.82) is 0 Å². The van der Waals surface area contributed by atoms with Gasteiger partial charge in [0, 0.05) is 55.5 Å². The summed E-state index contributed by atoms with van der Waals surface area (Å²) in [5.74, 6) is 3.21. The highest BCUT2D eigenvalue weighted by atomic mass is 79.9. The monoisotopic (exact) mass is 543 g/mol. The fourth-order valence-electron chi connectivity index (χ4n) is 5.19. The average Bonchev–Trinajstić information content (AvgIpc) is 3.18. The third kappa shape index (κ3) is 4.51. The third-order valence-electron chi connectivity index (χ3n) is 6.88. The minimum atomic E-state index is -0.410. The van der Waals surface area contributed by atoms with Crippen molar-refractivity contribution in [3.05, 3.63) is 46.6 Å². The van der Waals surface area contributed by atoms with Crippen LogP contribution >= 0.6 is 15.9 Å². The molecule has 0 saturated carbocycles. The second kappa shape index (κ2) is 9.22. The Hall–Kier alpha value is -3.01. The van der Waals surface area contributed by atoms with Crippen LogP contribution in [0.3, 0.4) is 0 Å². The molecule has 2 aliphatic heterocycles. The maximum absolute atomic E-state index is 12.7. The summed E-state index contributed by atoms with van der Waals surface area (Å²) in [4.78, 5) is 24.0. The van der Waals surface area contributed by atoms with Crippen molar-refractivity contribution in [3.8, 4) is 11.5 Å². The van der Waals surface area contributed by atoms with Gasteiger partial charge in [0.05, 0.1) is 14.2 Å². The summed E-state index contributed by atoms with van der Waals surface area (Å²) >= 11 is 3.65. The molecule has 2 saturated heterocycles. The summed E-state index contributed by atoms with van der Waals surface area (Å²) in [5.41, 5.74) is 1.43. The van der Waals surface area contributed by atoms with Crippen LogP contribution in [0.5, 0.6) is 11.5 Å². The number of anilines is 1. The molecule has 186 valence electrons. The van der Waals surface area contributed by atoms with Gasteiger partial charge in [-0.25, -0.2) is 14.8 Å².